The maximum Gasteiger partial charge on any atom is 0.293 e. The topological polar surface area (TPSA) is 55.2 Å². The smallest absolute Gasteiger partial charge is 0.293 e. The predicted octanol–water partition coefficient (Wildman–Crippen LogP) is 4.75. The van der Waals surface area contributed by atoms with Crippen LogP contribution in [0.25, 0.3) is 0 Å². The van der Waals surface area contributed by atoms with E-state index in [4.69, 9.17) is 23.2 Å². The molecule has 1 aliphatic rings. The van der Waals surface area contributed by atoms with Gasteiger partial charge < -0.3 is 5.32 Å². The molecule has 1 saturated carbocycles. The molecule has 1 aliphatic carbocycles. The molecule has 2 rings (SSSR count). The van der Waals surface area contributed by atoms with Crippen LogP contribution in [0.3, 0.4) is 0 Å². The molecule has 0 bridgehead atoms. The van der Waals surface area contributed by atoms with Gasteiger partial charge in [0.15, 0.2) is 0 Å². The fourth-order valence-electron chi connectivity index (χ4n) is 2.57. The van der Waals surface area contributed by atoms with Crippen molar-refractivity contribution >= 4 is 34.6 Å². The molecule has 1 aromatic carbocycles. The third-order valence-corrected chi connectivity index (χ3v) is 4.76. The summed E-state index contributed by atoms with van der Waals surface area (Å²) in [6, 6.07) is 3.08. The van der Waals surface area contributed by atoms with Crippen molar-refractivity contribution in [3.05, 3.63) is 32.3 Å². The first-order chi connectivity index (χ1) is 8.90. The summed E-state index contributed by atoms with van der Waals surface area (Å²) in [5.41, 5.74) is 0.423. The Morgan fingerprint density at radius 1 is 1.26 bits per heavy atom. The van der Waals surface area contributed by atoms with E-state index < -0.39 is 4.92 Å². The van der Waals surface area contributed by atoms with E-state index >= 15 is 0 Å². The van der Waals surface area contributed by atoms with Gasteiger partial charge in [0.1, 0.15) is 5.69 Å². The Morgan fingerprint density at radius 3 is 2.42 bits per heavy atom. The molecule has 0 saturated heterocycles. The standard InChI is InChI=1S/C13H16Cl2N2O2/c1-7-3-4-11(8(7)2)16-12-5-9(14)10(15)6-13(12)17(18)19/h5-8,11,16H,3-4H2,1-2H3. The Bertz CT molecular complexity index is 508. The molecule has 4 nitrogen and oxygen atoms in total. The maximum absolute atomic E-state index is 11.1. The Labute approximate surface area is 122 Å². The summed E-state index contributed by atoms with van der Waals surface area (Å²) in [4.78, 5) is 10.6. The number of halogens is 2. The largest absolute Gasteiger partial charge is 0.376 e. The van der Waals surface area contributed by atoms with Crippen molar-refractivity contribution in [2.24, 2.45) is 11.8 Å². The van der Waals surface area contributed by atoms with E-state index in [1.165, 1.54) is 12.1 Å². The molecule has 1 N–H and O–H groups in total. The van der Waals surface area contributed by atoms with Crippen molar-refractivity contribution in [3.63, 3.8) is 0 Å². The minimum atomic E-state index is -0.437. The second kappa shape index (κ2) is 5.55. The summed E-state index contributed by atoms with van der Waals surface area (Å²) in [6.45, 7) is 4.37. The van der Waals surface area contributed by atoms with Crippen LogP contribution < -0.4 is 5.32 Å². The van der Waals surface area contributed by atoms with Gasteiger partial charge in [-0.05, 0) is 30.7 Å². The second-order valence-electron chi connectivity index (χ2n) is 5.21. The van der Waals surface area contributed by atoms with Gasteiger partial charge in [-0.3, -0.25) is 10.1 Å². The third-order valence-electron chi connectivity index (χ3n) is 4.04. The van der Waals surface area contributed by atoms with Gasteiger partial charge in [0.2, 0.25) is 0 Å². The van der Waals surface area contributed by atoms with Crippen molar-refractivity contribution in [1.29, 1.82) is 0 Å². The molecular weight excluding hydrogens is 287 g/mol. The average molecular weight is 303 g/mol. The molecule has 1 fully saturated rings. The minimum absolute atomic E-state index is 0.0267. The van der Waals surface area contributed by atoms with Gasteiger partial charge in [0.05, 0.1) is 15.0 Å². The van der Waals surface area contributed by atoms with E-state index in [1.807, 2.05) is 0 Å². The molecule has 3 atom stereocenters. The zero-order valence-corrected chi connectivity index (χ0v) is 12.3. The van der Waals surface area contributed by atoms with Gasteiger partial charge in [-0.1, -0.05) is 37.0 Å². The third kappa shape index (κ3) is 2.95. The van der Waals surface area contributed by atoms with Crippen molar-refractivity contribution in [2.75, 3.05) is 5.32 Å². The Hall–Kier alpha value is -1.00. The van der Waals surface area contributed by atoms with E-state index in [9.17, 15) is 10.1 Å². The summed E-state index contributed by atoms with van der Waals surface area (Å²) in [6.07, 6.45) is 2.15. The molecule has 0 radical (unpaired) electrons. The minimum Gasteiger partial charge on any atom is -0.376 e. The lowest BCUT2D eigenvalue weighted by Gasteiger charge is -2.21. The van der Waals surface area contributed by atoms with Gasteiger partial charge >= 0.3 is 0 Å². The van der Waals surface area contributed by atoms with Crippen molar-refractivity contribution in [1.82, 2.24) is 0 Å². The van der Waals surface area contributed by atoms with E-state index in [0.29, 0.717) is 22.5 Å². The van der Waals surface area contributed by atoms with Crippen LogP contribution in [0.15, 0.2) is 12.1 Å². The van der Waals surface area contributed by atoms with Gasteiger partial charge in [0, 0.05) is 12.1 Å². The van der Waals surface area contributed by atoms with E-state index in [2.05, 4.69) is 19.2 Å². The molecule has 0 spiro atoms. The highest BCUT2D eigenvalue weighted by Crippen LogP contribution is 2.38. The number of benzene rings is 1. The monoisotopic (exact) mass is 302 g/mol. The molecular formula is C13H16Cl2N2O2. The normalized spacial score (nSPS) is 26.4. The number of nitro groups is 1. The van der Waals surface area contributed by atoms with Gasteiger partial charge in [-0.15, -0.1) is 0 Å². The second-order valence-corrected chi connectivity index (χ2v) is 6.02. The van der Waals surface area contributed by atoms with Crippen LogP contribution in [-0.4, -0.2) is 11.0 Å². The number of rotatable bonds is 3. The number of hydrogen-bond donors (Lipinski definition) is 1. The maximum atomic E-state index is 11.1. The van der Waals surface area contributed by atoms with Gasteiger partial charge in [-0.25, -0.2) is 0 Å². The Kier molecular flexibility index (Phi) is 4.21. The lowest BCUT2D eigenvalue weighted by atomic mass is 9.97. The van der Waals surface area contributed by atoms with E-state index in [-0.39, 0.29) is 16.8 Å². The van der Waals surface area contributed by atoms with Crippen LogP contribution in [0.2, 0.25) is 10.0 Å². The molecule has 0 amide bonds. The van der Waals surface area contributed by atoms with E-state index in [1.54, 1.807) is 0 Å². The van der Waals surface area contributed by atoms with Crippen molar-refractivity contribution in [3.8, 4) is 0 Å². The highest BCUT2D eigenvalue weighted by Gasteiger charge is 2.31. The van der Waals surface area contributed by atoms with Crippen molar-refractivity contribution < 1.29 is 4.92 Å². The molecule has 1 aromatic rings. The molecule has 6 heteroatoms. The zero-order valence-electron chi connectivity index (χ0n) is 10.8. The van der Waals surface area contributed by atoms with Crippen molar-refractivity contribution in [2.45, 2.75) is 32.7 Å². The van der Waals surface area contributed by atoms with E-state index in [0.717, 1.165) is 12.8 Å². The highest BCUT2D eigenvalue weighted by atomic mass is 35.5. The van der Waals surface area contributed by atoms with Gasteiger partial charge in [-0.2, -0.15) is 0 Å². The molecule has 19 heavy (non-hydrogen) atoms. The Balaban J connectivity index is 2.29. The summed E-state index contributed by atoms with van der Waals surface area (Å²) in [5.74, 6) is 1.10. The number of nitro benzene ring substituents is 1. The average Bonchev–Trinajstić information content (AvgIpc) is 2.65. The summed E-state index contributed by atoms with van der Waals surface area (Å²) >= 11 is 11.8. The number of anilines is 1. The molecule has 3 unspecified atom stereocenters. The first-order valence-electron chi connectivity index (χ1n) is 6.30. The van der Waals surface area contributed by atoms with Crippen LogP contribution >= 0.6 is 23.2 Å². The molecule has 0 aromatic heterocycles. The fraction of sp³-hybridized carbons (Fsp3) is 0.538. The van der Waals surface area contributed by atoms with Crippen LogP contribution in [0, 0.1) is 22.0 Å². The zero-order chi connectivity index (χ0) is 14.2. The fourth-order valence-corrected chi connectivity index (χ4v) is 2.89. The van der Waals surface area contributed by atoms with Gasteiger partial charge in [0.25, 0.3) is 5.69 Å². The molecule has 0 heterocycles. The summed E-state index contributed by atoms with van der Waals surface area (Å²) < 4.78 is 0. The number of hydrogen-bond acceptors (Lipinski definition) is 3. The molecule has 104 valence electrons. The number of nitrogens with zero attached hydrogens (tertiary/aromatic N) is 1. The first-order valence-corrected chi connectivity index (χ1v) is 7.05. The summed E-state index contributed by atoms with van der Waals surface area (Å²) in [5, 5.41) is 14.9. The Morgan fingerprint density at radius 2 is 1.89 bits per heavy atom. The lowest BCUT2D eigenvalue weighted by molar-refractivity contribution is -0.384. The quantitative estimate of drug-likeness (QED) is 0.647. The van der Waals surface area contributed by atoms with Crippen LogP contribution in [-0.2, 0) is 0 Å². The van der Waals surface area contributed by atoms with Crippen LogP contribution in [0.5, 0.6) is 0 Å². The van der Waals surface area contributed by atoms with Crippen LogP contribution in [0.1, 0.15) is 26.7 Å². The SMILES string of the molecule is CC1CCC(Nc2cc(Cl)c(Cl)cc2[N+](=O)[O-])C1C. The lowest BCUT2D eigenvalue weighted by Crippen LogP contribution is -2.24. The highest BCUT2D eigenvalue weighted by molar-refractivity contribution is 6.42. The first kappa shape index (κ1) is 14.4. The van der Waals surface area contributed by atoms with Crippen LogP contribution in [0.4, 0.5) is 11.4 Å². The predicted molar refractivity (Wildman–Crippen MR) is 78.1 cm³/mol. The number of nitrogens with one attached hydrogen (secondary N) is 1. The molecule has 0 aliphatic heterocycles. The summed E-state index contributed by atoms with van der Waals surface area (Å²) in [7, 11) is 0.